The summed E-state index contributed by atoms with van der Waals surface area (Å²) in [5.41, 5.74) is 10.2. The third-order valence-corrected chi connectivity index (χ3v) is 8.54. The van der Waals surface area contributed by atoms with Gasteiger partial charge in [-0.05, 0) is 89.9 Å². The standard InChI is InChI=1S/C36H26.Zr/c1-3-11-25-23(9-1)17-19-33-29(27-13-5-7-15-31(27)35(25)33)21-22-30-28-14-6-8-16-32(28)36-26-12-4-2-10-24(26)18-20-34(30)36;/h1-9,11-20,29H,10,21-22H2;. The molecule has 0 saturated carbocycles. The predicted octanol–water partition coefficient (Wildman–Crippen LogP) is 7.12. The van der Waals surface area contributed by atoms with Crippen LogP contribution in [0.2, 0.25) is 0 Å². The number of benzene rings is 5. The molecule has 37 heavy (non-hydrogen) atoms. The molecular formula is C36H26Zr. The maximum Gasteiger partial charge on any atom is 0.0105 e. The van der Waals surface area contributed by atoms with Crippen LogP contribution in [0, 0.1) is 10.4 Å². The van der Waals surface area contributed by atoms with E-state index in [1.165, 1.54) is 70.6 Å². The van der Waals surface area contributed by atoms with Crippen molar-refractivity contribution in [2.45, 2.75) is 25.2 Å². The molecular weight excluding hydrogens is 524 g/mol. The van der Waals surface area contributed by atoms with Crippen molar-refractivity contribution in [3.05, 3.63) is 152 Å². The zero-order valence-electron chi connectivity index (χ0n) is 20.7. The predicted molar refractivity (Wildman–Crippen MR) is 150 cm³/mol. The molecule has 3 aliphatic rings. The van der Waals surface area contributed by atoms with Crippen LogP contribution in [0.1, 0.15) is 41.0 Å². The van der Waals surface area contributed by atoms with Crippen LogP contribution in [0.5, 0.6) is 0 Å². The Kier molecular flexibility index (Phi) is 5.52. The fourth-order valence-electron chi connectivity index (χ4n) is 6.99. The molecule has 0 N–H and O–H groups in total. The molecule has 5 aromatic rings. The Balaban J connectivity index is 0.00000231. The number of hydrogen-bond acceptors (Lipinski definition) is 0. The zero-order chi connectivity index (χ0) is 23.6. The van der Waals surface area contributed by atoms with E-state index in [0.717, 1.165) is 19.3 Å². The second kappa shape index (κ2) is 8.93. The Bertz CT molecular complexity index is 1980. The van der Waals surface area contributed by atoms with Gasteiger partial charge in [-0.3, -0.25) is 0 Å². The van der Waals surface area contributed by atoms with E-state index >= 15 is 0 Å². The van der Waals surface area contributed by atoms with E-state index in [4.69, 9.17) is 0 Å². The number of allylic oxidation sites excluding steroid dienone is 2. The average Bonchev–Trinajstić information content (AvgIpc) is 3.44. The molecule has 0 fully saturated rings. The van der Waals surface area contributed by atoms with Gasteiger partial charge in [-0.25, -0.2) is 0 Å². The maximum absolute atomic E-state index is 2.39. The van der Waals surface area contributed by atoms with Gasteiger partial charge < -0.3 is 0 Å². The minimum absolute atomic E-state index is 0. The van der Waals surface area contributed by atoms with Crippen LogP contribution in [0.25, 0.3) is 33.5 Å². The number of rotatable bonds is 3. The fourth-order valence-corrected chi connectivity index (χ4v) is 6.99. The molecule has 1 heteroatoms. The molecule has 174 valence electrons. The molecule has 0 spiro atoms. The third-order valence-electron chi connectivity index (χ3n) is 8.54. The molecule has 0 radical (unpaired) electrons. The van der Waals surface area contributed by atoms with Crippen molar-refractivity contribution in [1.82, 2.24) is 0 Å². The number of fused-ring (bicyclic) bond motifs is 9. The van der Waals surface area contributed by atoms with Crippen molar-refractivity contribution in [2.24, 2.45) is 0 Å². The average molecular weight is 550 g/mol. The SMILES string of the molecule is C1=CCc2ccc3c(c2=C1)=c1ccccc1=C3CCC1c2ccccc2-c2c1ccc1ccccc21.[Zr]. The van der Waals surface area contributed by atoms with Gasteiger partial charge in [0.25, 0.3) is 0 Å². The monoisotopic (exact) mass is 548 g/mol. The van der Waals surface area contributed by atoms with Crippen molar-refractivity contribution in [3.8, 4) is 11.1 Å². The van der Waals surface area contributed by atoms with Crippen LogP contribution in [0.3, 0.4) is 0 Å². The van der Waals surface area contributed by atoms with E-state index in [9.17, 15) is 0 Å². The van der Waals surface area contributed by atoms with Gasteiger partial charge in [-0.1, -0.05) is 115 Å². The minimum Gasteiger partial charge on any atom is -0.0801 e. The summed E-state index contributed by atoms with van der Waals surface area (Å²) in [7, 11) is 0. The van der Waals surface area contributed by atoms with Crippen molar-refractivity contribution in [2.75, 3.05) is 0 Å². The van der Waals surface area contributed by atoms with Crippen LogP contribution < -0.4 is 10.4 Å². The molecule has 0 amide bonds. The third kappa shape index (κ3) is 3.37. The van der Waals surface area contributed by atoms with Crippen molar-refractivity contribution < 1.29 is 26.2 Å². The van der Waals surface area contributed by atoms with Gasteiger partial charge in [0.2, 0.25) is 0 Å². The van der Waals surface area contributed by atoms with Gasteiger partial charge in [-0.15, -0.1) is 0 Å². The summed E-state index contributed by atoms with van der Waals surface area (Å²) in [6, 6.07) is 36.4. The van der Waals surface area contributed by atoms with E-state index in [0.29, 0.717) is 5.92 Å². The molecule has 0 nitrogen and oxygen atoms in total. The summed E-state index contributed by atoms with van der Waals surface area (Å²) in [6.45, 7) is 0. The van der Waals surface area contributed by atoms with Crippen LogP contribution in [-0.4, -0.2) is 0 Å². The van der Waals surface area contributed by atoms with Gasteiger partial charge in [-0.2, -0.15) is 0 Å². The molecule has 1 unspecified atom stereocenters. The molecule has 0 bridgehead atoms. The summed E-state index contributed by atoms with van der Waals surface area (Å²) in [5, 5.41) is 8.40. The smallest absolute Gasteiger partial charge is 0.0105 e. The van der Waals surface area contributed by atoms with Crippen molar-refractivity contribution in [1.29, 1.82) is 0 Å². The summed E-state index contributed by atoms with van der Waals surface area (Å²) in [5.74, 6) is 0.427. The Hall–Kier alpha value is -3.28. The molecule has 3 aliphatic carbocycles. The van der Waals surface area contributed by atoms with E-state index in [1.54, 1.807) is 0 Å². The normalized spacial score (nSPS) is 15.8. The van der Waals surface area contributed by atoms with Crippen molar-refractivity contribution in [3.63, 3.8) is 0 Å². The van der Waals surface area contributed by atoms with Gasteiger partial charge >= 0.3 is 0 Å². The topological polar surface area (TPSA) is 0 Å². The van der Waals surface area contributed by atoms with Crippen LogP contribution >= 0.6 is 0 Å². The summed E-state index contributed by atoms with van der Waals surface area (Å²) >= 11 is 0. The van der Waals surface area contributed by atoms with Gasteiger partial charge in [0.1, 0.15) is 0 Å². The first kappa shape index (κ1) is 22.9. The van der Waals surface area contributed by atoms with E-state index in [-0.39, 0.29) is 26.2 Å². The Morgan fingerprint density at radius 3 is 2.43 bits per heavy atom. The Morgan fingerprint density at radius 2 is 1.49 bits per heavy atom. The zero-order valence-corrected chi connectivity index (χ0v) is 23.1. The fraction of sp³-hybridized carbons (Fsp3) is 0.111. The molecule has 1 atom stereocenters. The van der Waals surface area contributed by atoms with E-state index in [1.807, 2.05) is 0 Å². The van der Waals surface area contributed by atoms with Gasteiger partial charge in [0.15, 0.2) is 0 Å². The molecule has 5 aromatic carbocycles. The molecule has 0 aromatic heterocycles. The first-order valence-corrected chi connectivity index (χ1v) is 13.1. The quantitative estimate of drug-likeness (QED) is 0.225. The van der Waals surface area contributed by atoms with E-state index < -0.39 is 0 Å². The van der Waals surface area contributed by atoms with Gasteiger partial charge in [0, 0.05) is 32.1 Å². The summed E-state index contributed by atoms with van der Waals surface area (Å²) < 4.78 is 0. The summed E-state index contributed by atoms with van der Waals surface area (Å²) in [6.07, 6.45) is 10.0. The van der Waals surface area contributed by atoms with Crippen LogP contribution in [0.4, 0.5) is 0 Å². The Labute approximate surface area is 236 Å². The summed E-state index contributed by atoms with van der Waals surface area (Å²) in [4.78, 5) is 0. The molecule has 0 aliphatic heterocycles. The second-order valence-corrected chi connectivity index (χ2v) is 10.3. The van der Waals surface area contributed by atoms with Crippen molar-refractivity contribution >= 4 is 22.4 Å². The van der Waals surface area contributed by atoms with Gasteiger partial charge in [0.05, 0.1) is 0 Å². The number of hydrogen-bond donors (Lipinski definition) is 0. The Morgan fingerprint density at radius 1 is 0.676 bits per heavy atom. The maximum atomic E-state index is 2.39. The molecule has 0 saturated heterocycles. The molecule has 8 rings (SSSR count). The molecule has 0 heterocycles. The first-order chi connectivity index (χ1) is 17.9. The van der Waals surface area contributed by atoms with E-state index in [2.05, 4.69) is 115 Å². The van der Waals surface area contributed by atoms with Crippen LogP contribution in [0.15, 0.2) is 109 Å². The minimum atomic E-state index is 0. The second-order valence-electron chi connectivity index (χ2n) is 10.3. The largest absolute Gasteiger partial charge is 0.0801 e. The van der Waals surface area contributed by atoms with Crippen LogP contribution in [-0.2, 0) is 32.6 Å². The first-order valence-electron chi connectivity index (χ1n) is 13.1.